The number of fused-ring (bicyclic) bond motifs is 1. The summed E-state index contributed by atoms with van der Waals surface area (Å²) in [6, 6.07) is 23.5. The summed E-state index contributed by atoms with van der Waals surface area (Å²) >= 11 is 12.7. The standard InChI is InChI=1S/C31H25Cl2NO5/c32-25-8-2-1-7-23(25)27-9-3-5-20(34-27)6-4-10-28(35)19-11-13-21(14-12-19)39-30-18-29-24(17-26(30)33)22(31(36)37)15-16-38-29/h1-3,5,7-9,11-14,17-18,22H,4,6,10,15-16H2,(H,36,37). The lowest BCUT2D eigenvalue weighted by Crippen LogP contribution is -2.20. The molecule has 1 N–H and O–H groups in total. The van der Waals surface area contributed by atoms with Gasteiger partial charge < -0.3 is 14.6 Å². The Hall–Kier alpha value is -3.87. The number of carbonyl (C=O) groups is 2. The van der Waals surface area contributed by atoms with Gasteiger partial charge in [-0.1, -0.05) is 47.5 Å². The minimum absolute atomic E-state index is 0.0312. The van der Waals surface area contributed by atoms with Crippen molar-refractivity contribution in [3.63, 3.8) is 0 Å². The molecular weight excluding hydrogens is 537 g/mol. The number of ether oxygens (including phenoxy) is 2. The lowest BCUT2D eigenvalue weighted by molar-refractivity contribution is -0.139. The molecule has 0 aliphatic carbocycles. The van der Waals surface area contributed by atoms with Crippen LogP contribution in [0.4, 0.5) is 0 Å². The molecule has 1 aromatic heterocycles. The zero-order chi connectivity index (χ0) is 27.4. The lowest BCUT2D eigenvalue weighted by Gasteiger charge is -2.24. The third-order valence-corrected chi connectivity index (χ3v) is 7.22. The number of aliphatic carboxylic acids is 1. The van der Waals surface area contributed by atoms with Gasteiger partial charge in [-0.25, -0.2) is 0 Å². The van der Waals surface area contributed by atoms with Crippen molar-refractivity contribution in [1.29, 1.82) is 0 Å². The average molecular weight is 562 g/mol. The molecule has 1 aliphatic heterocycles. The van der Waals surface area contributed by atoms with Gasteiger partial charge in [0.25, 0.3) is 0 Å². The van der Waals surface area contributed by atoms with Gasteiger partial charge in [-0.2, -0.15) is 0 Å². The molecule has 2 heterocycles. The molecule has 0 amide bonds. The molecule has 0 saturated carbocycles. The van der Waals surface area contributed by atoms with Gasteiger partial charge in [0.1, 0.15) is 17.2 Å². The molecule has 3 aromatic carbocycles. The van der Waals surface area contributed by atoms with Crippen molar-refractivity contribution in [2.75, 3.05) is 6.61 Å². The van der Waals surface area contributed by atoms with Crippen molar-refractivity contribution < 1.29 is 24.2 Å². The first-order valence-corrected chi connectivity index (χ1v) is 13.4. The van der Waals surface area contributed by atoms with Crippen molar-refractivity contribution in [3.05, 3.63) is 106 Å². The Morgan fingerprint density at radius 3 is 2.54 bits per heavy atom. The van der Waals surface area contributed by atoms with E-state index < -0.39 is 11.9 Å². The van der Waals surface area contributed by atoms with E-state index in [4.69, 9.17) is 37.7 Å². The van der Waals surface area contributed by atoms with Gasteiger partial charge in [0, 0.05) is 39.9 Å². The van der Waals surface area contributed by atoms with E-state index >= 15 is 0 Å². The van der Waals surface area contributed by atoms with Crippen LogP contribution < -0.4 is 9.47 Å². The van der Waals surface area contributed by atoms with E-state index in [1.165, 1.54) is 0 Å². The van der Waals surface area contributed by atoms with Crippen molar-refractivity contribution in [2.45, 2.75) is 31.6 Å². The number of carboxylic acids is 1. The summed E-state index contributed by atoms with van der Waals surface area (Å²) in [6.45, 7) is 0.310. The van der Waals surface area contributed by atoms with E-state index in [9.17, 15) is 14.7 Å². The zero-order valence-corrected chi connectivity index (χ0v) is 22.4. The summed E-state index contributed by atoms with van der Waals surface area (Å²) in [6.07, 6.45) is 2.11. The number of aryl methyl sites for hydroxylation is 1. The molecule has 0 spiro atoms. The smallest absolute Gasteiger partial charge is 0.311 e. The minimum Gasteiger partial charge on any atom is -0.493 e. The van der Waals surface area contributed by atoms with Crippen molar-refractivity contribution in [1.82, 2.24) is 4.98 Å². The second kappa shape index (κ2) is 11.9. The largest absolute Gasteiger partial charge is 0.493 e. The fourth-order valence-corrected chi connectivity index (χ4v) is 5.02. The van der Waals surface area contributed by atoms with Gasteiger partial charge in [-0.15, -0.1) is 0 Å². The number of Topliss-reactive ketones (excluding diaryl/α,β-unsaturated/α-hetero) is 1. The van der Waals surface area contributed by atoms with Gasteiger partial charge in [-0.3, -0.25) is 14.6 Å². The van der Waals surface area contributed by atoms with Crippen LogP contribution in [-0.4, -0.2) is 28.4 Å². The molecule has 8 heteroatoms. The van der Waals surface area contributed by atoms with Crippen LogP contribution in [0.1, 0.15) is 46.8 Å². The summed E-state index contributed by atoms with van der Waals surface area (Å²) < 4.78 is 11.5. The van der Waals surface area contributed by atoms with Gasteiger partial charge in [0.2, 0.25) is 0 Å². The highest BCUT2D eigenvalue weighted by atomic mass is 35.5. The fraction of sp³-hybridized carbons (Fsp3) is 0.194. The zero-order valence-electron chi connectivity index (χ0n) is 20.9. The summed E-state index contributed by atoms with van der Waals surface area (Å²) in [5.74, 6) is -0.235. The highest BCUT2D eigenvalue weighted by Crippen LogP contribution is 2.41. The summed E-state index contributed by atoms with van der Waals surface area (Å²) in [4.78, 5) is 29.0. The Kier molecular flexibility index (Phi) is 8.15. The monoisotopic (exact) mass is 561 g/mol. The number of rotatable bonds is 9. The number of hydrogen-bond acceptors (Lipinski definition) is 5. The number of halogens is 2. The highest BCUT2D eigenvalue weighted by Gasteiger charge is 2.29. The second-order valence-corrected chi connectivity index (χ2v) is 10.1. The number of carbonyl (C=O) groups excluding carboxylic acids is 1. The van der Waals surface area contributed by atoms with E-state index in [1.54, 1.807) is 36.4 Å². The van der Waals surface area contributed by atoms with Crippen LogP contribution in [0.2, 0.25) is 10.0 Å². The van der Waals surface area contributed by atoms with E-state index in [0.29, 0.717) is 65.7 Å². The van der Waals surface area contributed by atoms with Gasteiger partial charge in [0.15, 0.2) is 5.78 Å². The van der Waals surface area contributed by atoms with Crippen LogP contribution in [0.15, 0.2) is 78.9 Å². The Labute approximate surface area is 236 Å². The summed E-state index contributed by atoms with van der Waals surface area (Å²) in [5.41, 5.74) is 3.73. The number of pyridine rings is 1. The SMILES string of the molecule is O=C(CCCc1cccc(-c2ccccc2Cl)n1)c1ccc(Oc2cc3c(cc2Cl)C(C(=O)O)CCO3)cc1. The van der Waals surface area contributed by atoms with Crippen LogP contribution in [0, 0.1) is 0 Å². The van der Waals surface area contributed by atoms with Crippen molar-refractivity contribution >= 4 is 35.0 Å². The van der Waals surface area contributed by atoms with Crippen LogP contribution in [0.3, 0.4) is 0 Å². The van der Waals surface area contributed by atoms with Crippen LogP contribution in [0.25, 0.3) is 11.3 Å². The maximum atomic E-state index is 12.8. The maximum absolute atomic E-state index is 12.8. The Bertz CT molecular complexity index is 1520. The molecule has 6 nitrogen and oxygen atoms in total. The molecule has 0 fully saturated rings. The Morgan fingerprint density at radius 2 is 1.77 bits per heavy atom. The van der Waals surface area contributed by atoms with E-state index in [0.717, 1.165) is 17.0 Å². The summed E-state index contributed by atoms with van der Waals surface area (Å²) in [5, 5.41) is 10.4. The molecule has 1 atom stereocenters. The average Bonchev–Trinajstić information content (AvgIpc) is 2.94. The highest BCUT2D eigenvalue weighted by molar-refractivity contribution is 6.33. The molecule has 198 valence electrons. The maximum Gasteiger partial charge on any atom is 0.311 e. The molecule has 5 rings (SSSR count). The third-order valence-electron chi connectivity index (χ3n) is 6.60. The van der Waals surface area contributed by atoms with E-state index in [1.807, 2.05) is 42.5 Å². The topological polar surface area (TPSA) is 85.7 Å². The number of nitrogens with zero attached hydrogens (tertiary/aromatic N) is 1. The molecule has 0 radical (unpaired) electrons. The van der Waals surface area contributed by atoms with Crippen molar-refractivity contribution in [3.8, 4) is 28.5 Å². The summed E-state index contributed by atoms with van der Waals surface area (Å²) in [7, 11) is 0. The van der Waals surface area contributed by atoms with Gasteiger partial charge >= 0.3 is 5.97 Å². The lowest BCUT2D eigenvalue weighted by atomic mass is 9.93. The Balaban J connectivity index is 1.18. The van der Waals surface area contributed by atoms with Crippen molar-refractivity contribution in [2.24, 2.45) is 0 Å². The Morgan fingerprint density at radius 1 is 0.974 bits per heavy atom. The fourth-order valence-electron chi connectivity index (χ4n) is 4.57. The van der Waals surface area contributed by atoms with Crippen LogP contribution >= 0.6 is 23.2 Å². The van der Waals surface area contributed by atoms with Gasteiger partial charge in [-0.05, 0) is 67.8 Å². The van der Waals surface area contributed by atoms with Gasteiger partial charge in [0.05, 0.1) is 23.2 Å². The number of carboxylic acid groups (broad SMARTS) is 1. The van der Waals surface area contributed by atoms with Crippen LogP contribution in [-0.2, 0) is 11.2 Å². The van der Waals surface area contributed by atoms with E-state index in [-0.39, 0.29) is 10.8 Å². The normalized spacial score (nSPS) is 14.3. The molecule has 4 aromatic rings. The first-order chi connectivity index (χ1) is 18.9. The number of benzene rings is 3. The van der Waals surface area contributed by atoms with Crippen LogP contribution in [0.5, 0.6) is 17.2 Å². The number of aromatic nitrogens is 1. The predicted molar refractivity (Wildman–Crippen MR) is 150 cm³/mol. The molecule has 0 saturated heterocycles. The van der Waals surface area contributed by atoms with E-state index in [2.05, 4.69) is 0 Å². The molecular formula is C31H25Cl2NO5. The quantitative estimate of drug-likeness (QED) is 0.208. The first-order valence-electron chi connectivity index (χ1n) is 12.6. The molecule has 0 bridgehead atoms. The molecule has 39 heavy (non-hydrogen) atoms. The number of ketones is 1. The minimum atomic E-state index is -0.911. The first kappa shape index (κ1) is 26.7. The predicted octanol–water partition coefficient (Wildman–Crippen LogP) is 8.00. The number of hydrogen-bond donors (Lipinski definition) is 1. The molecule has 1 aliphatic rings. The molecule has 1 unspecified atom stereocenters. The second-order valence-electron chi connectivity index (χ2n) is 9.25. The third kappa shape index (κ3) is 6.24.